The molecule has 0 aromatic heterocycles. The van der Waals surface area contributed by atoms with Gasteiger partial charge in [-0.25, -0.2) is 0 Å². The molecule has 0 aliphatic carbocycles. The molecular formula is C18H36N2O. The number of carbonyl (C=O) groups is 1. The first kappa shape index (κ1) is 18.5. The first-order chi connectivity index (χ1) is 9.84. The second-order valence-electron chi connectivity index (χ2n) is 7.71. The quantitative estimate of drug-likeness (QED) is 0.651. The molecule has 0 aromatic carbocycles. The molecule has 1 fully saturated rings. The second-order valence-corrected chi connectivity index (χ2v) is 7.71. The minimum Gasteiger partial charge on any atom is -0.326 e. The maximum atomic E-state index is 12.5. The third kappa shape index (κ3) is 5.61. The molecule has 1 aliphatic rings. The van der Waals surface area contributed by atoms with E-state index < -0.39 is 0 Å². The van der Waals surface area contributed by atoms with Crippen molar-refractivity contribution in [3.8, 4) is 0 Å². The van der Waals surface area contributed by atoms with E-state index >= 15 is 0 Å². The average Bonchev–Trinajstić information content (AvgIpc) is 2.71. The number of hydrogen-bond acceptors (Lipinski definition) is 2. The van der Waals surface area contributed by atoms with Crippen LogP contribution in [0.5, 0.6) is 0 Å². The molecule has 1 N–H and O–H groups in total. The number of unbranched alkanes of at least 4 members (excludes halogenated alkanes) is 3. The van der Waals surface area contributed by atoms with Gasteiger partial charge in [0.2, 0.25) is 5.91 Å². The minimum atomic E-state index is 0.0124. The lowest BCUT2D eigenvalue weighted by molar-refractivity contribution is -0.131. The zero-order valence-electron chi connectivity index (χ0n) is 15.0. The lowest BCUT2D eigenvalue weighted by Crippen LogP contribution is -2.42. The summed E-state index contributed by atoms with van der Waals surface area (Å²) in [6.07, 6.45) is 6.56. The largest absolute Gasteiger partial charge is 0.326 e. The maximum absolute atomic E-state index is 12.5. The van der Waals surface area contributed by atoms with Gasteiger partial charge in [0, 0.05) is 6.54 Å². The van der Waals surface area contributed by atoms with Crippen LogP contribution in [0.3, 0.4) is 0 Å². The van der Waals surface area contributed by atoms with Crippen molar-refractivity contribution in [1.29, 1.82) is 0 Å². The third-order valence-electron chi connectivity index (χ3n) is 4.46. The van der Waals surface area contributed by atoms with Crippen molar-refractivity contribution in [2.45, 2.75) is 85.9 Å². The van der Waals surface area contributed by atoms with Crippen LogP contribution in [0.25, 0.3) is 0 Å². The summed E-state index contributed by atoms with van der Waals surface area (Å²) in [5.74, 6) is 1.96. The van der Waals surface area contributed by atoms with E-state index in [1.54, 1.807) is 0 Å². The highest BCUT2D eigenvalue weighted by Gasteiger charge is 2.40. The lowest BCUT2D eigenvalue weighted by Gasteiger charge is -2.27. The highest BCUT2D eigenvalue weighted by Crippen LogP contribution is 2.22. The molecule has 1 heterocycles. The van der Waals surface area contributed by atoms with Crippen LogP contribution in [-0.4, -0.2) is 29.6 Å². The molecule has 0 bridgehead atoms. The Kier molecular flexibility index (Phi) is 7.72. The van der Waals surface area contributed by atoms with Crippen molar-refractivity contribution in [3.05, 3.63) is 0 Å². The highest BCUT2D eigenvalue weighted by molar-refractivity contribution is 5.84. The van der Waals surface area contributed by atoms with Crippen LogP contribution in [0.1, 0.15) is 73.6 Å². The molecular weight excluding hydrogens is 260 g/mol. The topological polar surface area (TPSA) is 32.3 Å². The molecule has 124 valence electrons. The molecule has 0 radical (unpaired) electrons. The molecule has 0 saturated carbocycles. The molecule has 1 aliphatic heterocycles. The van der Waals surface area contributed by atoms with E-state index in [1.807, 2.05) is 0 Å². The molecule has 0 spiro atoms. The second kappa shape index (κ2) is 8.77. The normalized spacial score (nSPS) is 23.1. The molecule has 1 saturated heterocycles. The van der Waals surface area contributed by atoms with Gasteiger partial charge >= 0.3 is 0 Å². The SMILES string of the molecule is CC(C)CCCCCCN1C(=O)C(C(C)C)NC1C(C)C. The number of carbonyl (C=O) groups excluding carboxylic acids is 1. The van der Waals surface area contributed by atoms with Crippen LogP contribution in [0.4, 0.5) is 0 Å². The number of rotatable bonds is 9. The maximum Gasteiger partial charge on any atom is 0.241 e. The fourth-order valence-corrected chi connectivity index (χ4v) is 3.13. The van der Waals surface area contributed by atoms with Crippen molar-refractivity contribution in [3.63, 3.8) is 0 Å². The number of amides is 1. The summed E-state index contributed by atoms with van der Waals surface area (Å²) in [6.45, 7) is 14.1. The van der Waals surface area contributed by atoms with Crippen molar-refractivity contribution in [2.75, 3.05) is 6.54 Å². The molecule has 3 heteroatoms. The van der Waals surface area contributed by atoms with Gasteiger partial charge in [-0.05, 0) is 24.2 Å². The smallest absolute Gasteiger partial charge is 0.241 e. The highest BCUT2D eigenvalue weighted by atomic mass is 16.2. The Morgan fingerprint density at radius 1 is 0.952 bits per heavy atom. The molecule has 2 atom stereocenters. The Balaban J connectivity index is 2.38. The van der Waals surface area contributed by atoms with E-state index in [0.717, 1.165) is 18.9 Å². The van der Waals surface area contributed by atoms with Gasteiger partial charge in [-0.3, -0.25) is 10.1 Å². The Hall–Kier alpha value is -0.570. The van der Waals surface area contributed by atoms with Crippen molar-refractivity contribution < 1.29 is 4.79 Å². The predicted molar refractivity (Wildman–Crippen MR) is 90.0 cm³/mol. The zero-order chi connectivity index (χ0) is 16.0. The summed E-state index contributed by atoms with van der Waals surface area (Å²) in [6, 6.07) is 0.0124. The molecule has 3 nitrogen and oxygen atoms in total. The first-order valence-corrected chi connectivity index (χ1v) is 8.91. The van der Waals surface area contributed by atoms with Crippen LogP contribution < -0.4 is 5.32 Å². The fourth-order valence-electron chi connectivity index (χ4n) is 3.13. The Bertz CT molecular complexity index is 312. The van der Waals surface area contributed by atoms with E-state index in [2.05, 4.69) is 51.8 Å². The van der Waals surface area contributed by atoms with Gasteiger partial charge in [0.15, 0.2) is 0 Å². The van der Waals surface area contributed by atoms with Crippen molar-refractivity contribution >= 4 is 5.91 Å². The summed E-state index contributed by atoms with van der Waals surface area (Å²) < 4.78 is 0. The summed E-state index contributed by atoms with van der Waals surface area (Å²) in [7, 11) is 0. The molecule has 1 amide bonds. The van der Waals surface area contributed by atoms with Gasteiger partial charge in [-0.2, -0.15) is 0 Å². The van der Waals surface area contributed by atoms with Gasteiger partial charge in [-0.1, -0.05) is 67.2 Å². The number of nitrogens with one attached hydrogen (secondary N) is 1. The minimum absolute atomic E-state index is 0.0124. The van der Waals surface area contributed by atoms with Crippen LogP contribution in [0, 0.1) is 17.8 Å². The Labute approximate surface area is 131 Å². The number of nitrogens with zero attached hydrogens (tertiary/aromatic N) is 1. The molecule has 21 heavy (non-hydrogen) atoms. The fraction of sp³-hybridized carbons (Fsp3) is 0.944. The van der Waals surface area contributed by atoms with Gasteiger partial charge < -0.3 is 4.90 Å². The van der Waals surface area contributed by atoms with Crippen LogP contribution in [-0.2, 0) is 4.79 Å². The standard InChI is InChI=1S/C18H36N2O/c1-13(2)11-9-7-8-10-12-20-17(15(5)6)19-16(14(3)4)18(20)21/h13-17,19H,7-12H2,1-6H3. The monoisotopic (exact) mass is 296 g/mol. The lowest BCUT2D eigenvalue weighted by atomic mass is 10.0. The Morgan fingerprint density at radius 2 is 1.57 bits per heavy atom. The van der Waals surface area contributed by atoms with E-state index in [0.29, 0.717) is 17.7 Å². The van der Waals surface area contributed by atoms with Gasteiger partial charge in [0.05, 0.1) is 12.2 Å². The van der Waals surface area contributed by atoms with E-state index in [9.17, 15) is 4.79 Å². The van der Waals surface area contributed by atoms with Crippen molar-refractivity contribution in [1.82, 2.24) is 10.2 Å². The van der Waals surface area contributed by atoms with Crippen molar-refractivity contribution in [2.24, 2.45) is 17.8 Å². The van der Waals surface area contributed by atoms with E-state index in [1.165, 1.54) is 25.7 Å². The van der Waals surface area contributed by atoms with Gasteiger partial charge in [-0.15, -0.1) is 0 Å². The van der Waals surface area contributed by atoms with Crippen LogP contribution >= 0.6 is 0 Å². The summed E-state index contributed by atoms with van der Waals surface area (Å²) in [5.41, 5.74) is 0. The van der Waals surface area contributed by atoms with Crippen LogP contribution in [0.15, 0.2) is 0 Å². The molecule has 1 rings (SSSR count). The summed E-state index contributed by atoms with van der Waals surface area (Å²) >= 11 is 0. The average molecular weight is 296 g/mol. The van der Waals surface area contributed by atoms with Gasteiger partial charge in [0.1, 0.15) is 0 Å². The van der Waals surface area contributed by atoms with Gasteiger partial charge in [0.25, 0.3) is 0 Å². The Morgan fingerprint density at radius 3 is 2.10 bits per heavy atom. The van der Waals surface area contributed by atoms with E-state index in [-0.39, 0.29) is 12.2 Å². The summed E-state index contributed by atoms with van der Waals surface area (Å²) in [5, 5.41) is 3.53. The summed E-state index contributed by atoms with van der Waals surface area (Å²) in [4.78, 5) is 14.6. The van der Waals surface area contributed by atoms with Crippen LogP contribution in [0.2, 0.25) is 0 Å². The molecule has 2 unspecified atom stereocenters. The zero-order valence-corrected chi connectivity index (χ0v) is 15.0. The third-order valence-corrected chi connectivity index (χ3v) is 4.46. The number of hydrogen-bond donors (Lipinski definition) is 1. The first-order valence-electron chi connectivity index (χ1n) is 8.91. The predicted octanol–water partition coefficient (Wildman–Crippen LogP) is 4.03. The molecule has 0 aromatic rings. The van der Waals surface area contributed by atoms with E-state index in [4.69, 9.17) is 0 Å².